The largest absolute Gasteiger partial charge is 0.462 e. The Labute approximate surface area is 247 Å². The summed E-state index contributed by atoms with van der Waals surface area (Å²) < 4.78 is 5.46. The van der Waals surface area contributed by atoms with Gasteiger partial charge in [-0.25, -0.2) is 9.78 Å². The van der Waals surface area contributed by atoms with Gasteiger partial charge < -0.3 is 10.1 Å². The number of thiophene rings is 1. The molecule has 2 heterocycles. The third-order valence-corrected chi connectivity index (χ3v) is 9.37. The van der Waals surface area contributed by atoms with Crippen LogP contribution in [0.1, 0.15) is 91.6 Å². The molecule has 0 spiro atoms. The molecular formula is C35H40N2O3S. The third kappa shape index (κ3) is 5.94. The van der Waals surface area contributed by atoms with Gasteiger partial charge in [-0.1, -0.05) is 84.0 Å². The lowest BCUT2D eigenvalue weighted by Crippen LogP contribution is -2.26. The number of carbonyl (C=O) groups is 2. The summed E-state index contributed by atoms with van der Waals surface area (Å²) in [6.45, 7) is 15.5. The van der Waals surface area contributed by atoms with E-state index in [1.165, 1.54) is 21.8 Å². The molecule has 214 valence electrons. The third-order valence-electron chi connectivity index (χ3n) is 8.20. The Morgan fingerprint density at radius 1 is 1.02 bits per heavy atom. The molecule has 1 aliphatic rings. The molecule has 5 rings (SSSR count). The van der Waals surface area contributed by atoms with Crippen LogP contribution in [0.2, 0.25) is 0 Å². The van der Waals surface area contributed by atoms with Crippen molar-refractivity contribution < 1.29 is 14.3 Å². The van der Waals surface area contributed by atoms with Crippen molar-refractivity contribution in [2.75, 3.05) is 11.9 Å². The first-order chi connectivity index (χ1) is 19.4. The van der Waals surface area contributed by atoms with Crippen molar-refractivity contribution >= 4 is 39.1 Å². The number of rotatable bonds is 5. The summed E-state index contributed by atoms with van der Waals surface area (Å²) in [5.41, 5.74) is 5.96. The number of hydrogen-bond acceptors (Lipinski definition) is 5. The summed E-state index contributed by atoms with van der Waals surface area (Å²) in [4.78, 5) is 33.2. The summed E-state index contributed by atoms with van der Waals surface area (Å²) >= 11 is 1.52. The number of benzene rings is 2. The molecular weight excluding hydrogens is 528 g/mol. The summed E-state index contributed by atoms with van der Waals surface area (Å²) in [7, 11) is 0. The predicted octanol–water partition coefficient (Wildman–Crippen LogP) is 8.84. The smallest absolute Gasteiger partial charge is 0.341 e. The Hall–Kier alpha value is -3.51. The normalized spacial score (nSPS) is 15.4. The fourth-order valence-electron chi connectivity index (χ4n) is 5.65. The number of anilines is 1. The van der Waals surface area contributed by atoms with E-state index < -0.39 is 0 Å². The number of nitrogens with zero attached hydrogens (tertiary/aromatic N) is 1. The number of pyridine rings is 1. The molecule has 1 N–H and O–H groups in total. The molecule has 1 amide bonds. The number of carbonyl (C=O) groups excluding carboxylic acids is 2. The zero-order valence-electron chi connectivity index (χ0n) is 25.2. The lowest BCUT2D eigenvalue weighted by molar-refractivity contribution is 0.0526. The van der Waals surface area contributed by atoms with E-state index in [1.54, 1.807) is 0 Å². The van der Waals surface area contributed by atoms with Gasteiger partial charge in [0.1, 0.15) is 5.00 Å². The SMILES string of the molecule is CCOC(=O)c1c(NC(=O)c2cc(-c3ccc(C(C)(C)C)cc3)nc3ccccc23)sc2c1CC[C@@H](C(C)(C)C)C2. The van der Waals surface area contributed by atoms with E-state index in [-0.39, 0.29) is 29.3 Å². The van der Waals surface area contributed by atoms with Gasteiger partial charge in [-0.2, -0.15) is 0 Å². The monoisotopic (exact) mass is 568 g/mol. The number of fused-ring (bicyclic) bond motifs is 2. The molecule has 5 nitrogen and oxygen atoms in total. The van der Waals surface area contributed by atoms with Crippen molar-refractivity contribution in [1.82, 2.24) is 4.98 Å². The summed E-state index contributed by atoms with van der Waals surface area (Å²) in [5.74, 6) is -0.106. The molecule has 0 saturated carbocycles. The van der Waals surface area contributed by atoms with E-state index in [9.17, 15) is 9.59 Å². The van der Waals surface area contributed by atoms with Crippen molar-refractivity contribution in [3.05, 3.63) is 81.7 Å². The second kappa shape index (κ2) is 11.1. The van der Waals surface area contributed by atoms with Crippen LogP contribution in [0.15, 0.2) is 54.6 Å². The van der Waals surface area contributed by atoms with E-state index in [0.29, 0.717) is 22.0 Å². The van der Waals surface area contributed by atoms with E-state index in [2.05, 4.69) is 71.1 Å². The molecule has 4 aromatic rings. The molecule has 0 fully saturated rings. The van der Waals surface area contributed by atoms with Crippen LogP contribution >= 0.6 is 11.3 Å². The molecule has 41 heavy (non-hydrogen) atoms. The molecule has 1 aliphatic carbocycles. The molecule has 6 heteroatoms. The fourth-order valence-corrected chi connectivity index (χ4v) is 6.97. The molecule has 0 bridgehead atoms. The standard InChI is InChI=1S/C35H40N2O3S/c1-8-40-33(39)30-25-18-17-23(35(5,6)7)19-29(25)41-32(30)37-31(38)26-20-28(36-27-12-10-9-11-24(26)27)21-13-15-22(16-14-21)34(2,3)4/h9-16,20,23H,8,17-19H2,1-7H3,(H,37,38)/t23-/m1/s1. The van der Waals surface area contributed by atoms with Crippen LogP contribution in [0.3, 0.4) is 0 Å². The van der Waals surface area contributed by atoms with Gasteiger partial charge >= 0.3 is 5.97 Å². The number of amides is 1. The Morgan fingerprint density at radius 3 is 2.39 bits per heavy atom. The second-order valence-electron chi connectivity index (χ2n) is 13.1. The number of ether oxygens (including phenoxy) is 1. The van der Waals surface area contributed by atoms with Gasteiger partial charge in [0.25, 0.3) is 5.91 Å². The molecule has 0 radical (unpaired) electrons. The first kappa shape index (κ1) is 29.0. The lowest BCUT2D eigenvalue weighted by atomic mass is 9.72. The van der Waals surface area contributed by atoms with E-state index in [1.807, 2.05) is 37.3 Å². The maximum absolute atomic E-state index is 14.0. The summed E-state index contributed by atoms with van der Waals surface area (Å²) in [6, 6.07) is 17.9. The Morgan fingerprint density at radius 2 is 1.73 bits per heavy atom. The van der Waals surface area contributed by atoms with E-state index in [0.717, 1.165) is 47.0 Å². The highest BCUT2D eigenvalue weighted by Gasteiger charge is 2.34. The quantitative estimate of drug-likeness (QED) is 0.244. The minimum atomic E-state index is -0.367. The second-order valence-corrected chi connectivity index (χ2v) is 14.2. The Balaban J connectivity index is 1.54. The van der Waals surface area contributed by atoms with Crippen LogP contribution in [-0.4, -0.2) is 23.5 Å². The maximum Gasteiger partial charge on any atom is 0.341 e. The van der Waals surface area contributed by atoms with Gasteiger partial charge in [0.05, 0.1) is 28.9 Å². The average molecular weight is 569 g/mol. The van der Waals surface area contributed by atoms with Gasteiger partial charge in [0.15, 0.2) is 0 Å². The topological polar surface area (TPSA) is 68.3 Å². The van der Waals surface area contributed by atoms with Crippen LogP contribution < -0.4 is 5.32 Å². The molecule has 0 saturated heterocycles. The highest BCUT2D eigenvalue weighted by Crippen LogP contribution is 2.44. The minimum Gasteiger partial charge on any atom is -0.462 e. The van der Waals surface area contributed by atoms with Crippen molar-refractivity contribution in [3.8, 4) is 11.3 Å². The minimum absolute atomic E-state index is 0.0454. The Bertz CT molecular complexity index is 1600. The van der Waals surface area contributed by atoms with Crippen molar-refractivity contribution in [2.24, 2.45) is 11.3 Å². The first-order valence-corrected chi connectivity index (χ1v) is 15.3. The molecule has 0 unspecified atom stereocenters. The molecule has 0 aliphatic heterocycles. The first-order valence-electron chi connectivity index (χ1n) is 14.5. The van der Waals surface area contributed by atoms with Crippen molar-refractivity contribution in [3.63, 3.8) is 0 Å². The number of esters is 1. The van der Waals surface area contributed by atoms with Crippen molar-refractivity contribution in [1.29, 1.82) is 0 Å². The highest BCUT2D eigenvalue weighted by molar-refractivity contribution is 7.17. The van der Waals surface area contributed by atoms with E-state index >= 15 is 0 Å². The Kier molecular flexibility index (Phi) is 7.82. The molecule has 1 atom stereocenters. The molecule has 2 aromatic heterocycles. The molecule has 2 aromatic carbocycles. The average Bonchev–Trinajstić information content (AvgIpc) is 3.28. The summed E-state index contributed by atoms with van der Waals surface area (Å²) in [5, 5.41) is 4.47. The van der Waals surface area contributed by atoms with Crippen LogP contribution in [0, 0.1) is 11.3 Å². The maximum atomic E-state index is 14.0. The lowest BCUT2D eigenvalue weighted by Gasteiger charge is -2.33. The van der Waals surface area contributed by atoms with Crippen LogP contribution in [0.5, 0.6) is 0 Å². The van der Waals surface area contributed by atoms with Crippen LogP contribution in [0.4, 0.5) is 5.00 Å². The number of hydrogen-bond donors (Lipinski definition) is 1. The van der Waals surface area contributed by atoms with E-state index in [4.69, 9.17) is 9.72 Å². The fraction of sp³-hybridized carbons (Fsp3) is 0.400. The highest BCUT2D eigenvalue weighted by atomic mass is 32.1. The van der Waals surface area contributed by atoms with Gasteiger partial charge in [-0.05, 0) is 66.2 Å². The van der Waals surface area contributed by atoms with Gasteiger partial charge in [0.2, 0.25) is 0 Å². The predicted molar refractivity (Wildman–Crippen MR) is 169 cm³/mol. The van der Waals surface area contributed by atoms with Crippen LogP contribution in [-0.2, 0) is 23.0 Å². The number of para-hydroxylation sites is 1. The zero-order chi connectivity index (χ0) is 29.5. The van der Waals surface area contributed by atoms with Crippen LogP contribution in [0.25, 0.3) is 22.2 Å². The zero-order valence-corrected chi connectivity index (χ0v) is 26.0. The van der Waals surface area contributed by atoms with Gasteiger partial charge in [-0.15, -0.1) is 11.3 Å². The number of nitrogens with one attached hydrogen (secondary N) is 1. The van der Waals surface area contributed by atoms with Gasteiger partial charge in [0, 0.05) is 15.8 Å². The number of aromatic nitrogens is 1. The van der Waals surface area contributed by atoms with Crippen molar-refractivity contribution in [2.45, 2.75) is 73.1 Å². The summed E-state index contributed by atoms with van der Waals surface area (Å²) in [6.07, 6.45) is 2.72. The van der Waals surface area contributed by atoms with Gasteiger partial charge in [-0.3, -0.25) is 4.79 Å².